The second-order valence-electron chi connectivity index (χ2n) is 8.27. The summed E-state index contributed by atoms with van der Waals surface area (Å²) < 4.78 is 0. The second kappa shape index (κ2) is 7.05. The topological polar surface area (TPSA) is 89.3 Å². The van der Waals surface area contributed by atoms with E-state index in [1.807, 2.05) is 24.8 Å². The van der Waals surface area contributed by atoms with Crippen LogP contribution in [0.25, 0.3) is 0 Å². The number of H-pyrrole nitrogens is 2. The van der Waals surface area contributed by atoms with Crippen LogP contribution in [0, 0.1) is 5.92 Å². The fraction of sp³-hybridized carbons (Fsp3) is 0.476. The van der Waals surface area contributed by atoms with Crippen LogP contribution in [0.4, 0.5) is 5.69 Å². The first-order chi connectivity index (χ1) is 13.4. The smallest absolute Gasteiger partial charge is 0.311 e. The second-order valence-corrected chi connectivity index (χ2v) is 8.27. The number of hydrogen-bond acceptors (Lipinski definition) is 4. The van der Waals surface area contributed by atoms with Crippen molar-refractivity contribution in [3.8, 4) is 0 Å². The first kappa shape index (κ1) is 18.7. The molecule has 2 aliphatic rings. The number of benzene rings is 1. The standard InChI is InChI=1S/C21H26N4O3/c1-14(2)19(27)25-13-21(16-5-3-4-6-17(16)25)7-9-24(10-8-21)12-15-11-18(26)23-20(28)22-15/h3-6,11,14H,7-10,12-13H2,1-2H3,(H2,22,23,26,28). The zero-order valence-corrected chi connectivity index (χ0v) is 16.3. The Morgan fingerprint density at radius 1 is 1.14 bits per heavy atom. The molecule has 0 atom stereocenters. The molecule has 0 aliphatic carbocycles. The third-order valence-electron chi connectivity index (χ3n) is 6.01. The Kier molecular flexibility index (Phi) is 4.71. The number of amides is 1. The fourth-order valence-electron chi connectivity index (χ4n) is 4.55. The average molecular weight is 382 g/mol. The van der Waals surface area contributed by atoms with E-state index >= 15 is 0 Å². The van der Waals surface area contributed by atoms with Gasteiger partial charge in [0.1, 0.15) is 0 Å². The highest BCUT2D eigenvalue weighted by molar-refractivity contribution is 5.97. The van der Waals surface area contributed by atoms with E-state index in [9.17, 15) is 14.4 Å². The van der Waals surface area contributed by atoms with Gasteiger partial charge in [0, 0.05) is 41.9 Å². The molecule has 0 saturated carbocycles. The van der Waals surface area contributed by atoms with E-state index in [-0.39, 0.29) is 22.8 Å². The minimum atomic E-state index is -0.469. The maximum Gasteiger partial charge on any atom is 0.325 e. The van der Waals surface area contributed by atoms with Gasteiger partial charge in [-0.2, -0.15) is 0 Å². The number of nitrogens with zero attached hydrogens (tertiary/aromatic N) is 2. The lowest BCUT2D eigenvalue weighted by molar-refractivity contribution is -0.121. The number of likely N-dealkylation sites (tertiary alicyclic amines) is 1. The summed E-state index contributed by atoms with van der Waals surface area (Å²) in [5.41, 5.74) is 2.09. The van der Waals surface area contributed by atoms with Crippen molar-refractivity contribution in [3.05, 3.63) is 62.4 Å². The van der Waals surface area contributed by atoms with Crippen molar-refractivity contribution >= 4 is 11.6 Å². The van der Waals surface area contributed by atoms with Crippen molar-refractivity contribution in [2.24, 2.45) is 5.92 Å². The van der Waals surface area contributed by atoms with Crippen LogP contribution in [0.2, 0.25) is 0 Å². The molecule has 7 nitrogen and oxygen atoms in total. The van der Waals surface area contributed by atoms with Crippen LogP contribution in [0.1, 0.15) is 37.9 Å². The van der Waals surface area contributed by atoms with Crippen molar-refractivity contribution in [2.45, 2.75) is 38.6 Å². The van der Waals surface area contributed by atoms with Crippen LogP contribution in [0.3, 0.4) is 0 Å². The number of para-hydroxylation sites is 1. The van der Waals surface area contributed by atoms with Crippen molar-refractivity contribution in [3.63, 3.8) is 0 Å². The molecule has 1 saturated heterocycles. The van der Waals surface area contributed by atoms with Gasteiger partial charge in [0.2, 0.25) is 5.91 Å². The van der Waals surface area contributed by atoms with E-state index in [2.05, 4.69) is 33.1 Å². The molecule has 28 heavy (non-hydrogen) atoms. The van der Waals surface area contributed by atoms with Crippen molar-refractivity contribution in [2.75, 3.05) is 24.5 Å². The first-order valence-corrected chi connectivity index (χ1v) is 9.84. The van der Waals surface area contributed by atoms with E-state index in [1.165, 1.54) is 11.6 Å². The van der Waals surface area contributed by atoms with Crippen LogP contribution in [-0.2, 0) is 16.8 Å². The molecule has 4 rings (SSSR count). The Bertz CT molecular complexity index is 971. The van der Waals surface area contributed by atoms with Crippen LogP contribution < -0.4 is 16.1 Å². The molecule has 1 aromatic heterocycles. The summed E-state index contributed by atoms with van der Waals surface area (Å²) in [5, 5.41) is 0. The number of rotatable bonds is 3. The van der Waals surface area contributed by atoms with Gasteiger partial charge < -0.3 is 9.88 Å². The molecule has 0 bridgehead atoms. The van der Waals surface area contributed by atoms with Crippen LogP contribution >= 0.6 is 0 Å². The molecule has 0 radical (unpaired) electrons. The number of aromatic nitrogens is 2. The van der Waals surface area contributed by atoms with Crippen molar-refractivity contribution in [1.29, 1.82) is 0 Å². The quantitative estimate of drug-likeness (QED) is 0.844. The largest absolute Gasteiger partial charge is 0.325 e. The van der Waals surface area contributed by atoms with E-state index in [4.69, 9.17) is 0 Å². The summed E-state index contributed by atoms with van der Waals surface area (Å²) in [6.07, 6.45) is 1.89. The molecule has 3 heterocycles. The predicted octanol–water partition coefficient (Wildman–Crippen LogP) is 1.60. The van der Waals surface area contributed by atoms with E-state index < -0.39 is 5.69 Å². The van der Waals surface area contributed by atoms with Crippen LogP contribution in [0.5, 0.6) is 0 Å². The number of carbonyl (C=O) groups excluding carboxylic acids is 1. The minimum Gasteiger partial charge on any atom is -0.311 e. The average Bonchev–Trinajstić information content (AvgIpc) is 2.97. The highest BCUT2D eigenvalue weighted by Crippen LogP contribution is 2.47. The third kappa shape index (κ3) is 3.30. The molecule has 1 spiro atoms. The molecule has 1 aromatic carbocycles. The van der Waals surface area contributed by atoms with Crippen LogP contribution in [0.15, 0.2) is 39.9 Å². The number of nitrogens with one attached hydrogen (secondary N) is 2. The monoisotopic (exact) mass is 382 g/mol. The predicted molar refractivity (Wildman–Crippen MR) is 108 cm³/mol. The molecule has 7 heteroatoms. The summed E-state index contributed by atoms with van der Waals surface area (Å²) in [4.78, 5) is 44.9. The Morgan fingerprint density at radius 3 is 2.54 bits per heavy atom. The number of fused-ring (bicyclic) bond motifs is 2. The van der Waals surface area contributed by atoms with Gasteiger partial charge in [-0.25, -0.2) is 4.79 Å². The summed E-state index contributed by atoms with van der Waals surface area (Å²) in [6, 6.07) is 9.71. The molecule has 0 unspecified atom stereocenters. The number of hydrogen-bond donors (Lipinski definition) is 2. The summed E-state index contributed by atoms with van der Waals surface area (Å²) >= 11 is 0. The zero-order valence-electron chi connectivity index (χ0n) is 16.3. The zero-order chi connectivity index (χ0) is 19.9. The molecular weight excluding hydrogens is 356 g/mol. The Hall–Kier alpha value is -2.67. The summed E-state index contributed by atoms with van der Waals surface area (Å²) in [5.74, 6) is 0.143. The Labute approximate surface area is 163 Å². The molecule has 1 amide bonds. The van der Waals surface area contributed by atoms with Gasteiger partial charge in [-0.15, -0.1) is 0 Å². The Morgan fingerprint density at radius 2 is 1.86 bits per heavy atom. The van der Waals surface area contributed by atoms with Gasteiger partial charge in [-0.1, -0.05) is 32.0 Å². The van der Waals surface area contributed by atoms with Gasteiger partial charge in [0.05, 0.1) is 0 Å². The number of anilines is 1. The molecular formula is C21H26N4O3. The number of carbonyl (C=O) groups is 1. The molecule has 2 N–H and O–H groups in total. The fourth-order valence-corrected chi connectivity index (χ4v) is 4.55. The lowest BCUT2D eigenvalue weighted by Gasteiger charge is -2.40. The first-order valence-electron chi connectivity index (χ1n) is 9.84. The van der Waals surface area contributed by atoms with Crippen LogP contribution in [-0.4, -0.2) is 40.4 Å². The minimum absolute atomic E-state index is 0.0147. The van der Waals surface area contributed by atoms with Gasteiger partial charge in [0.25, 0.3) is 5.56 Å². The van der Waals surface area contributed by atoms with Gasteiger partial charge in [-0.05, 0) is 37.6 Å². The Balaban J connectivity index is 1.53. The van der Waals surface area contributed by atoms with E-state index in [0.29, 0.717) is 12.2 Å². The molecule has 2 aliphatic heterocycles. The van der Waals surface area contributed by atoms with Gasteiger partial charge in [-0.3, -0.25) is 19.5 Å². The lowest BCUT2D eigenvalue weighted by atomic mass is 9.74. The molecule has 2 aromatic rings. The van der Waals surface area contributed by atoms with Gasteiger partial charge >= 0.3 is 5.69 Å². The van der Waals surface area contributed by atoms with Crippen molar-refractivity contribution in [1.82, 2.24) is 14.9 Å². The van der Waals surface area contributed by atoms with E-state index in [1.54, 1.807) is 0 Å². The number of aromatic amines is 2. The summed E-state index contributed by atoms with van der Waals surface area (Å²) in [6.45, 7) is 6.88. The highest BCUT2D eigenvalue weighted by Gasteiger charge is 2.46. The maximum absolute atomic E-state index is 12.8. The normalized spacial score (nSPS) is 18.6. The third-order valence-corrected chi connectivity index (χ3v) is 6.01. The SMILES string of the molecule is CC(C)C(=O)N1CC2(CCN(Cc3cc(=O)[nH]c(=O)[nH]3)CC2)c2ccccc21. The highest BCUT2D eigenvalue weighted by atomic mass is 16.2. The number of piperidine rings is 1. The van der Waals surface area contributed by atoms with E-state index in [0.717, 1.165) is 38.2 Å². The molecule has 148 valence electrons. The maximum atomic E-state index is 12.8. The van der Waals surface area contributed by atoms with Gasteiger partial charge in [0.15, 0.2) is 0 Å². The van der Waals surface area contributed by atoms with Crippen molar-refractivity contribution < 1.29 is 4.79 Å². The lowest BCUT2D eigenvalue weighted by Crippen LogP contribution is -2.46. The summed E-state index contributed by atoms with van der Waals surface area (Å²) in [7, 11) is 0. The molecule has 1 fully saturated rings.